The maximum Gasteiger partial charge on any atom is 0.119 e. The Labute approximate surface area is 128 Å². The van der Waals surface area contributed by atoms with Crippen molar-refractivity contribution in [1.82, 2.24) is 4.57 Å². The van der Waals surface area contributed by atoms with Crippen LogP contribution in [0.15, 0.2) is 0 Å². The van der Waals surface area contributed by atoms with E-state index in [1.807, 2.05) is 0 Å². The van der Waals surface area contributed by atoms with E-state index < -0.39 is 8.24 Å². The first-order chi connectivity index (χ1) is 9.52. The molecule has 0 amide bonds. The summed E-state index contributed by atoms with van der Waals surface area (Å²) in [6.45, 7) is 11.3. The molecule has 3 nitrogen and oxygen atoms in total. The molecular weight excluding hydrogens is 262 g/mol. The second kappa shape index (κ2) is 12.8. The molecule has 0 aliphatic heterocycles. The van der Waals surface area contributed by atoms with Crippen molar-refractivity contribution in [1.29, 1.82) is 0 Å². The summed E-state index contributed by atoms with van der Waals surface area (Å²) in [4.78, 5) is 0. The minimum absolute atomic E-state index is 0.799. The van der Waals surface area contributed by atoms with Crippen LogP contribution in [0, 0.1) is 0 Å². The smallest absolute Gasteiger partial charge is 0.119 e. The molecule has 20 heavy (non-hydrogen) atoms. The molecular formula is C16H39N3Si. The summed E-state index contributed by atoms with van der Waals surface area (Å²) in [5.41, 5.74) is 11.2. The lowest BCUT2D eigenvalue weighted by Crippen LogP contribution is -2.48. The Hall–Kier alpha value is 0.0969. The SMILES string of the molecule is C[Si](C)(C)N(CCN)CCCCCCCCCCCN. The lowest BCUT2D eigenvalue weighted by molar-refractivity contribution is 0.411. The van der Waals surface area contributed by atoms with Crippen LogP contribution < -0.4 is 11.5 Å². The van der Waals surface area contributed by atoms with Crippen LogP contribution in [0.25, 0.3) is 0 Å². The highest BCUT2D eigenvalue weighted by Crippen LogP contribution is 2.13. The van der Waals surface area contributed by atoms with Gasteiger partial charge < -0.3 is 16.0 Å². The second-order valence-electron chi connectivity index (χ2n) is 6.92. The van der Waals surface area contributed by atoms with Crippen molar-refractivity contribution in [2.45, 2.75) is 77.4 Å². The van der Waals surface area contributed by atoms with Crippen LogP contribution in [0.3, 0.4) is 0 Å². The van der Waals surface area contributed by atoms with Crippen LogP contribution in [-0.2, 0) is 0 Å². The van der Waals surface area contributed by atoms with Gasteiger partial charge in [-0.05, 0) is 25.9 Å². The minimum atomic E-state index is -1.16. The fraction of sp³-hybridized carbons (Fsp3) is 1.00. The molecule has 0 saturated carbocycles. The summed E-state index contributed by atoms with van der Waals surface area (Å²) in [6, 6.07) is 0. The van der Waals surface area contributed by atoms with Gasteiger partial charge in [-0.15, -0.1) is 0 Å². The summed E-state index contributed by atoms with van der Waals surface area (Å²) in [5, 5.41) is 0. The number of hydrogen-bond acceptors (Lipinski definition) is 3. The van der Waals surface area contributed by atoms with Crippen molar-refractivity contribution < 1.29 is 0 Å². The molecule has 0 aromatic rings. The summed E-state index contributed by atoms with van der Waals surface area (Å²) >= 11 is 0. The zero-order valence-electron chi connectivity index (χ0n) is 14.3. The summed E-state index contributed by atoms with van der Waals surface area (Å²) < 4.78 is 2.65. The normalized spacial score (nSPS) is 12.3. The Kier molecular flexibility index (Phi) is 12.9. The lowest BCUT2D eigenvalue weighted by atomic mass is 10.1. The molecule has 122 valence electrons. The second-order valence-corrected chi connectivity index (χ2v) is 11.9. The Morgan fingerprint density at radius 2 is 1.05 bits per heavy atom. The topological polar surface area (TPSA) is 55.3 Å². The van der Waals surface area contributed by atoms with Gasteiger partial charge in [-0.2, -0.15) is 0 Å². The van der Waals surface area contributed by atoms with E-state index in [9.17, 15) is 0 Å². The largest absolute Gasteiger partial charge is 0.330 e. The van der Waals surface area contributed by atoms with E-state index in [0.29, 0.717) is 0 Å². The Balaban J connectivity index is 3.41. The van der Waals surface area contributed by atoms with Gasteiger partial charge in [0.15, 0.2) is 0 Å². The molecule has 0 aliphatic carbocycles. The van der Waals surface area contributed by atoms with E-state index in [-0.39, 0.29) is 0 Å². The molecule has 0 atom stereocenters. The third-order valence-corrected chi connectivity index (χ3v) is 6.32. The Morgan fingerprint density at radius 1 is 0.600 bits per heavy atom. The molecule has 0 aromatic carbocycles. The predicted octanol–water partition coefficient (Wildman–Crippen LogP) is 3.55. The van der Waals surface area contributed by atoms with Gasteiger partial charge in [0.25, 0.3) is 0 Å². The van der Waals surface area contributed by atoms with E-state index in [1.165, 1.54) is 64.3 Å². The van der Waals surface area contributed by atoms with Crippen molar-refractivity contribution in [3.05, 3.63) is 0 Å². The van der Waals surface area contributed by atoms with Crippen LogP contribution in [0.4, 0.5) is 0 Å². The van der Waals surface area contributed by atoms with Crippen molar-refractivity contribution in [2.75, 3.05) is 26.2 Å². The van der Waals surface area contributed by atoms with Crippen LogP contribution in [0.1, 0.15) is 57.8 Å². The summed E-state index contributed by atoms with van der Waals surface area (Å²) in [7, 11) is -1.16. The van der Waals surface area contributed by atoms with E-state index in [1.54, 1.807) is 0 Å². The number of rotatable bonds is 14. The maximum atomic E-state index is 5.72. The zero-order chi connectivity index (χ0) is 15.3. The number of nitrogens with two attached hydrogens (primary N) is 2. The molecule has 4 heteroatoms. The van der Waals surface area contributed by atoms with E-state index in [4.69, 9.17) is 11.5 Å². The molecule has 0 aliphatic rings. The molecule has 4 N–H and O–H groups in total. The lowest BCUT2D eigenvalue weighted by Gasteiger charge is -2.33. The van der Waals surface area contributed by atoms with Gasteiger partial charge in [0.05, 0.1) is 0 Å². The van der Waals surface area contributed by atoms with Crippen molar-refractivity contribution in [2.24, 2.45) is 11.5 Å². The van der Waals surface area contributed by atoms with Gasteiger partial charge in [-0.3, -0.25) is 0 Å². The van der Waals surface area contributed by atoms with Gasteiger partial charge in [0.2, 0.25) is 0 Å². The van der Waals surface area contributed by atoms with Crippen molar-refractivity contribution in [3.63, 3.8) is 0 Å². The van der Waals surface area contributed by atoms with Gasteiger partial charge in [0.1, 0.15) is 8.24 Å². The quantitative estimate of drug-likeness (QED) is 0.381. The predicted molar refractivity (Wildman–Crippen MR) is 94.6 cm³/mol. The maximum absolute atomic E-state index is 5.72. The molecule has 0 unspecified atom stereocenters. The van der Waals surface area contributed by atoms with Crippen molar-refractivity contribution in [3.8, 4) is 0 Å². The number of nitrogens with zero attached hydrogens (tertiary/aromatic N) is 1. The highest BCUT2D eigenvalue weighted by Gasteiger charge is 2.22. The Morgan fingerprint density at radius 3 is 1.45 bits per heavy atom. The first kappa shape index (κ1) is 20.1. The van der Waals surface area contributed by atoms with Gasteiger partial charge >= 0.3 is 0 Å². The monoisotopic (exact) mass is 301 g/mol. The van der Waals surface area contributed by atoms with E-state index in [0.717, 1.165) is 19.6 Å². The van der Waals surface area contributed by atoms with Gasteiger partial charge in [-0.1, -0.05) is 64.6 Å². The fourth-order valence-electron chi connectivity index (χ4n) is 2.62. The summed E-state index contributed by atoms with van der Waals surface area (Å²) in [6.07, 6.45) is 12.2. The van der Waals surface area contributed by atoms with Gasteiger partial charge in [-0.25, -0.2) is 0 Å². The first-order valence-electron chi connectivity index (χ1n) is 8.67. The summed E-state index contributed by atoms with van der Waals surface area (Å²) in [5.74, 6) is 0. The third kappa shape index (κ3) is 11.9. The third-order valence-electron chi connectivity index (χ3n) is 3.98. The van der Waals surface area contributed by atoms with Crippen LogP contribution in [0.2, 0.25) is 19.6 Å². The highest BCUT2D eigenvalue weighted by atomic mass is 28.3. The minimum Gasteiger partial charge on any atom is -0.330 e. The standard InChI is InChI=1S/C16H39N3Si/c1-20(2,3)19(16-14-18)15-12-10-8-6-4-5-7-9-11-13-17/h4-18H2,1-3H3. The van der Waals surface area contributed by atoms with Crippen LogP contribution >= 0.6 is 0 Å². The molecule has 0 fully saturated rings. The average molecular weight is 302 g/mol. The molecule has 0 aromatic heterocycles. The molecule has 0 rings (SSSR count). The molecule has 0 spiro atoms. The van der Waals surface area contributed by atoms with Crippen molar-refractivity contribution >= 4 is 8.24 Å². The molecule has 0 saturated heterocycles. The number of unbranched alkanes of at least 4 members (excludes halogenated alkanes) is 8. The first-order valence-corrected chi connectivity index (χ1v) is 12.1. The average Bonchev–Trinajstić information content (AvgIpc) is 2.38. The molecule has 0 radical (unpaired) electrons. The fourth-order valence-corrected chi connectivity index (χ4v) is 4.25. The zero-order valence-corrected chi connectivity index (χ0v) is 15.3. The molecule has 0 heterocycles. The van der Waals surface area contributed by atoms with E-state index in [2.05, 4.69) is 24.2 Å². The Bertz CT molecular complexity index is 204. The van der Waals surface area contributed by atoms with Crippen LogP contribution in [0.5, 0.6) is 0 Å². The number of hydrogen-bond donors (Lipinski definition) is 2. The van der Waals surface area contributed by atoms with Crippen LogP contribution in [-0.4, -0.2) is 39.0 Å². The highest BCUT2D eigenvalue weighted by molar-refractivity contribution is 6.73. The van der Waals surface area contributed by atoms with Gasteiger partial charge in [0, 0.05) is 13.1 Å². The van der Waals surface area contributed by atoms with E-state index >= 15 is 0 Å². The molecule has 0 bridgehead atoms.